The highest BCUT2D eigenvalue weighted by molar-refractivity contribution is 6.07. The lowest BCUT2D eigenvalue weighted by molar-refractivity contribution is 0.991. The Morgan fingerprint density at radius 1 is 0.917 bits per heavy atom. The van der Waals surface area contributed by atoms with E-state index in [1.54, 1.807) is 30.3 Å². The van der Waals surface area contributed by atoms with Crippen LogP contribution in [0.1, 0.15) is 5.56 Å². The van der Waals surface area contributed by atoms with Gasteiger partial charge in [0.15, 0.2) is 0 Å². The van der Waals surface area contributed by atoms with E-state index in [-0.39, 0.29) is 0 Å². The first-order valence-corrected chi connectivity index (χ1v) is 7.37. The molecular formula is C19H11N3O2. The average molecular weight is 313 g/mol. The fraction of sp³-hybridized carbons (Fsp3) is 0. The predicted octanol–water partition coefficient (Wildman–Crippen LogP) is 2.70. The summed E-state index contributed by atoms with van der Waals surface area (Å²) in [6.45, 7) is 0. The fourth-order valence-corrected chi connectivity index (χ4v) is 2.99. The van der Waals surface area contributed by atoms with Gasteiger partial charge in [-0.15, -0.1) is 0 Å². The molecule has 0 aliphatic heterocycles. The molecule has 0 amide bonds. The molecule has 0 saturated carbocycles. The summed E-state index contributed by atoms with van der Waals surface area (Å²) in [6, 6.07) is 20.1. The maximum atomic E-state index is 12.5. The average Bonchev–Trinajstić information content (AvgIpc) is 2.63. The number of aromatic amines is 1. The molecule has 4 rings (SSSR count). The van der Waals surface area contributed by atoms with E-state index in [2.05, 4.69) is 11.1 Å². The Kier molecular flexibility index (Phi) is 3.04. The molecule has 5 heteroatoms. The monoisotopic (exact) mass is 313 g/mol. The molecule has 1 aromatic heterocycles. The highest BCUT2D eigenvalue weighted by Crippen LogP contribution is 2.27. The molecule has 0 radical (unpaired) electrons. The number of nitriles is 1. The van der Waals surface area contributed by atoms with Gasteiger partial charge < -0.3 is 4.98 Å². The van der Waals surface area contributed by atoms with Crippen molar-refractivity contribution in [2.45, 2.75) is 0 Å². The molecule has 0 aliphatic rings. The smallest absolute Gasteiger partial charge is 0.316 e. The van der Waals surface area contributed by atoms with Crippen LogP contribution in [0.15, 0.2) is 70.3 Å². The van der Waals surface area contributed by atoms with E-state index in [0.717, 1.165) is 10.8 Å². The van der Waals surface area contributed by atoms with Gasteiger partial charge in [-0.05, 0) is 18.2 Å². The van der Waals surface area contributed by atoms with Crippen LogP contribution in [-0.2, 0) is 0 Å². The molecule has 1 N–H and O–H groups in total. The van der Waals surface area contributed by atoms with Gasteiger partial charge in [-0.1, -0.05) is 42.5 Å². The van der Waals surface area contributed by atoms with E-state index in [0.29, 0.717) is 22.3 Å². The van der Waals surface area contributed by atoms with Crippen LogP contribution in [0.2, 0.25) is 0 Å². The van der Waals surface area contributed by atoms with Gasteiger partial charge in [0.2, 0.25) is 0 Å². The molecular weight excluding hydrogens is 302 g/mol. The van der Waals surface area contributed by atoms with Crippen LogP contribution in [0.3, 0.4) is 0 Å². The van der Waals surface area contributed by atoms with Crippen molar-refractivity contribution in [3.05, 3.63) is 86.9 Å². The lowest BCUT2D eigenvalue weighted by atomic mass is 10.0. The summed E-state index contributed by atoms with van der Waals surface area (Å²) >= 11 is 0. The van der Waals surface area contributed by atoms with Crippen LogP contribution in [-0.4, -0.2) is 9.55 Å². The van der Waals surface area contributed by atoms with Gasteiger partial charge in [0, 0.05) is 16.5 Å². The number of aromatic nitrogens is 2. The summed E-state index contributed by atoms with van der Waals surface area (Å²) in [4.78, 5) is 27.2. The van der Waals surface area contributed by atoms with Crippen LogP contribution in [0, 0.1) is 11.3 Å². The van der Waals surface area contributed by atoms with E-state index >= 15 is 0 Å². The van der Waals surface area contributed by atoms with Crippen molar-refractivity contribution in [3.8, 4) is 11.8 Å². The van der Waals surface area contributed by atoms with Gasteiger partial charge >= 0.3 is 11.1 Å². The fourth-order valence-electron chi connectivity index (χ4n) is 2.99. The van der Waals surface area contributed by atoms with Crippen molar-refractivity contribution in [1.82, 2.24) is 9.55 Å². The van der Waals surface area contributed by atoms with Crippen molar-refractivity contribution in [2.24, 2.45) is 0 Å². The van der Waals surface area contributed by atoms with Gasteiger partial charge in [0.05, 0.1) is 22.7 Å². The molecule has 0 atom stereocenters. The number of rotatable bonds is 1. The lowest BCUT2D eigenvalue weighted by Crippen LogP contribution is -2.35. The molecule has 0 bridgehead atoms. The van der Waals surface area contributed by atoms with E-state index in [4.69, 9.17) is 0 Å². The molecule has 24 heavy (non-hydrogen) atoms. The van der Waals surface area contributed by atoms with Gasteiger partial charge in [-0.3, -0.25) is 14.2 Å². The Hall–Kier alpha value is -3.65. The van der Waals surface area contributed by atoms with Crippen molar-refractivity contribution in [3.63, 3.8) is 0 Å². The second-order valence-corrected chi connectivity index (χ2v) is 5.41. The molecule has 0 saturated heterocycles. The first-order valence-electron chi connectivity index (χ1n) is 7.37. The number of nitrogens with zero attached hydrogens (tertiary/aromatic N) is 2. The lowest BCUT2D eigenvalue weighted by Gasteiger charge is -2.13. The SMILES string of the molecule is N#Cc1cc2[nH]c(=O)c(=O)n(-c3ccccc3)c2c2ccccc12. The van der Waals surface area contributed by atoms with Crippen molar-refractivity contribution >= 4 is 21.8 Å². The second-order valence-electron chi connectivity index (χ2n) is 5.41. The van der Waals surface area contributed by atoms with Gasteiger partial charge in [0.25, 0.3) is 0 Å². The summed E-state index contributed by atoms with van der Waals surface area (Å²) in [5, 5.41) is 10.9. The molecule has 0 unspecified atom stereocenters. The first-order chi connectivity index (χ1) is 11.7. The summed E-state index contributed by atoms with van der Waals surface area (Å²) in [5.41, 5.74) is 0.730. The predicted molar refractivity (Wildman–Crippen MR) is 92.4 cm³/mol. The van der Waals surface area contributed by atoms with Gasteiger partial charge in [0.1, 0.15) is 0 Å². The Labute approximate surface area is 136 Å². The maximum Gasteiger partial charge on any atom is 0.321 e. The summed E-state index contributed by atoms with van der Waals surface area (Å²) in [7, 11) is 0. The topological polar surface area (TPSA) is 78.7 Å². The van der Waals surface area contributed by atoms with Crippen molar-refractivity contribution < 1.29 is 0 Å². The Bertz CT molecular complexity index is 1250. The van der Waals surface area contributed by atoms with Crippen molar-refractivity contribution in [2.75, 3.05) is 0 Å². The Morgan fingerprint density at radius 3 is 2.29 bits per heavy atom. The quantitative estimate of drug-likeness (QED) is 0.433. The molecule has 0 aliphatic carbocycles. The van der Waals surface area contributed by atoms with Crippen LogP contribution >= 0.6 is 0 Å². The normalized spacial score (nSPS) is 10.8. The minimum Gasteiger partial charge on any atom is -0.316 e. The van der Waals surface area contributed by atoms with Crippen LogP contribution < -0.4 is 11.1 Å². The second kappa shape index (κ2) is 5.21. The molecule has 114 valence electrons. The minimum atomic E-state index is -0.717. The van der Waals surface area contributed by atoms with Gasteiger partial charge in [-0.2, -0.15) is 5.26 Å². The van der Waals surface area contributed by atoms with Gasteiger partial charge in [-0.25, -0.2) is 0 Å². The summed E-state index contributed by atoms with van der Waals surface area (Å²) < 4.78 is 1.40. The third kappa shape index (κ3) is 1.94. The maximum absolute atomic E-state index is 12.5. The molecule has 0 spiro atoms. The minimum absolute atomic E-state index is 0.451. The molecule has 4 aromatic rings. The molecule has 0 fully saturated rings. The zero-order chi connectivity index (χ0) is 16.7. The Balaban J connectivity index is 2.34. The van der Waals surface area contributed by atoms with Crippen LogP contribution in [0.5, 0.6) is 0 Å². The van der Waals surface area contributed by atoms with Crippen LogP contribution in [0.4, 0.5) is 0 Å². The van der Waals surface area contributed by atoms with E-state index in [1.165, 1.54) is 4.57 Å². The Morgan fingerprint density at radius 2 is 1.58 bits per heavy atom. The largest absolute Gasteiger partial charge is 0.321 e. The number of H-pyrrole nitrogens is 1. The third-order valence-electron chi connectivity index (χ3n) is 4.02. The van der Waals surface area contributed by atoms with E-state index < -0.39 is 11.1 Å². The third-order valence-corrected chi connectivity index (χ3v) is 4.02. The van der Waals surface area contributed by atoms with Crippen LogP contribution in [0.25, 0.3) is 27.5 Å². The molecule has 1 heterocycles. The number of benzene rings is 3. The number of hydrogen-bond donors (Lipinski definition) is 1. The zero-order valence-corrected chi connectivity index (χ0v) is 12.5. The van der Waals surface area contributed by atoms with E-state index in [1.807, 2.05) is 30.3 Å². The molecule has 5 nitrogen and oxygen atoms in total. The highest BCUT2D eigenvalue weighted by atomic mass is 16.2. The standard InChI is InChI=1S/C19H11N3O2/c20-11-12-10-16-17(15-9-5-4-8-14(12)15)22(19(24)18(23)21-16)13-6-2-1-3-7-13/h1-10H,(H,21,23). The zero-order valence-electron chi connectivity index (χ0n) is 12.5. The summed E-state index contributed by atoms with van der Waals surface area (Å²) in [5.74, 6) is 0. The number of hydrogen-bond acceptors (Lipinski definition) is 3. The summed E-state index contributed by atoms with van der Waals surface area (Å²) in [6.07, 6.45) is 0. The number of nitrogens with one attached hydrogen (secondary N) is 1. The number of fused-ring (bicyclic) bond motifs is 3. The molecule has 3 aromatic carbocycles. The van der Waals surface area contributed by atoms with Crippen molar-refractivity contribution in [1.29, 1.82) is 5.26 Å². The van der Waals surface area contributed by atoms with E-state index in [9.17, 15) is 14.9 Å². The number of para-hydroxylation sites is 1. The first kappa shape index (κ1) is 14.0. The highest BCUT2D eigenvalue weighted by Gasteiger charge is 2.14.